The van der Waals surface area contributed by atoms with E-state index in [1.807, 2.05) is 12.1 Å². The van der Waals surface area contributed by atoms with Gasteiger partial charge in [0.15, 0.2) is 0 Å². The van der Waals surface area contributed by atoms with Crippen LogP contribution in [-0.4, -0.2) is 39.3 Å². The quantitative estimate of drug-likeness (QED) is 0.662. The van der Waals surface area contributed by atoms with Crippen LogP contribution < -0.4 is 5.32 Å². The number of nitrogens with one attached hydrogen (secondary N) is 1. The summed E-state index contributed by atoms with van der Waals surface area (Å²) in [7, 11) is 0. The largest absolute Gasteiger partial charge is 0.349 e. The number of fused-ring (bicyclic) bond motifs is 3. The maximum Gasteiger partial charge on any atom is 0.272 e. The van der Waals surface area contributed by atoms with E-state index in [4.69, 9.17) is 11.6 Å². The highest BCUT2D eigenvalue weighted by Gasteiger charge is 2.40. The number of hydrogen-bond acceptors (Lipinski definition) is 3. The van der Waals surface area contributed by atoms with Gasteiger partial charge in [0.25, 0.3) is 11.8 Å². The van der Waals surface area contributed by atoms with E-state index < -0.39 is 29.2 Å². The average molecular weight is 442 g/mol. The third kappa shape index (κ3) is 3.81. The summed E-state index contributed by atoms with van der Waals surface area (Å²) in [6.07, 6.45) is 0. The molecule has 4 rings (SSSR count). The van der Waals surface area contributed by atoms with Crippen molar-refractivity contribution in [3.63, 3.8) is 0 Å². The Hall–Kier alpha value is -3.19. The fourth-order valence-corrected chi connectivity index (χ4v) is 3.94. The summed E-state index contributed by atoms with van der Waals surface area (Å²) in [5.41, 5.74) is 0.427. The molecule has 1 aliphatic heterocycles. The van der Waals surface area contributed by atoms with Gasteiger partial charge >= 0.3 is 0 Å². The molecule has 1 atom stereocenters. The molecule has 0 saturated heterocycles. The van der Waals surface area contributed by atoms with Gasteiger partial charge in [-0.25, -0.2) is 4.39 Å². The Balaban J connectivity index is 1.83. The van der Waals surface area contributed by atoms with Crippen molar-refractivity contribution in [1.29, 1.82) is 0 Å². The predicted molar refractivity (Wildman–Crippen MR) is 116 cm³/mol. The third-order valence-electron chi connectivity index (χ3n) is 5.06. The van der Waals surface area contributed by atoms with Gasteiger partial charge in [0, 0.05) is 10.9 Å². The van der Waals surface area contributed by atoms with E-state index in [0.29, 0.717) is 5.52 Å². The summed E-state index contributed by atoms with van der Waals surface area (Å²) in [4.78, 5) is 40.8. The molecule has 3 aromatic rings. The number of aromatic nitrogens is 1. The molecule has 0 saturated carbocycles. The van der Waals surface area contributed by atoms with Crippen molar-refractivity contribution in [3.8, 4) is 0 Å². The Morgan fingerprint density at radius 2 is 1.84 bits per heavy atom. The molecule has 0 aliphatic carbocycles. The molecule has 31 heavy (non-hydrogen) atoms. The highest BCUT2D eigenvalue weighted by molar-refractivity contribution is 6.30. The van der Waals surface area contributed by atoms with E-state index in [2.05, 4.69) is 5.32 Å². The van der Waals surface area contributed by atoms with E-state index in [1.54, 1.807) is 39.0 Å². The molecule has 2 amide bonds. The fourth-order valence-electron chi connectivity index (χ4n) is 3.82. The highest BCUT2D eigenvalue weighted by atomic mass is 35.5. The molecule has 0 bridgehead atoms. The van der Waals surface area contributed by atoms with Gasteiger partial charge in [-0.05, 0) is 50.6 Å². The first-order valence-corrected chi connectivity index (χ1v) is 10.2. The van der Waals surface area contributed by atoms with Crippen LogP contribution in [0.2, 0.25) is 5.02 Å². The maximum atomic E-state index is 14.2. The van der Waals surface area contributed by atoms with Gasteiger partial charge in [-0.15, -0.1) is 0 Å². The molecule has 0 radical (unpaired) electrons. The summed E-state index contributed by atoms with van der Waals surface area (Å²) in [6.45, 7) is 5.07. The minimum absolute atomic E-state index is 0.0973. The zero-order valence-corrected chi connectivity index (χ0v) is 18.0. The monoisotopic (exact) mass is 441 g/mol. The minimum Gasteiger partial charge on any atom is -0.349 e. The Morgan fingerprint density at radius 3 is 2.52 bits per heavy atom. The average Bonchev–Trinajstić information content (AvgIpc) is 3.07. The first-order chi connectivity index (χ1) is 14.6. The van der Waals surface area contributed by atoms with Gasteiger partial charge < -0.3 is 10.2 Å². The summed E-state index contributed by atoms with van der Waals surface area (Å²) >= 11 is 5.81. The van der Waals surface area contributed by atoms with Crippen LogP contribution in [-0.2, 0) is 4.79 Å². The first kappa shape index (κ1) is 21.1. The second-order valence-electron chi connectivity index (χ2n) is 8.57. The van der Waals surface area contributed by atoms with E-state index in [9.17, 15) is 18.8 Å². The topological polar surface area (TPSA) is 71.4 Å². The van der Waals surface area contributed by atoms with Gasteiger partial charge in [0.05, 0.1) is 10.5 Å². The summed E-state index contributed by atoms with van der Waals surface area (Å²) in [5.74, 6) is -2.06. The molecule has 0 fully saturated rings. The summed E-state index contributed by atoms with van der Waals surface area (Å²) in [5, 5.41) is 3.48. The van der Waals surface area contributed by atoms with Crippen molar-refractivity contribution in [3.05, 3.63) is 70.6 Å². The molecule has 2 heterocycles. The van der Waals surface area contributed by atoms with Crippen LogP contribution in [0, 0.1) is 5.82 Å². The smallest absolute Gasteiger partial charge is 0.272 e. The van der Waals surface area contributed by atoms with E-state index in [1.165, 1.54) is 21.6 Å². The third-order valence-corrected chi connectivity index (χ3v) is 5.37. The number of benzene rings is 2. The van der Waals surface area contributed by atoms with Crippen molar-refractivity contribution < 1.29 is 18.8 Å². The minimum atomic E-state index is -1.20. The second-order valence-corrected chi connectivity index (χ2v) is 8.97. The first-order valence-electron chi connectivity index (χ1n) is 9.78. The van der Waals surface area contributed by atoms with Crippen LogP contribution >= 0.6 is 11.6 Å². The van der Waals surface area contributed by atoms with Gasteiger partial charge in [-0.1, -0.05) is 35.9 Å². The van der Waals surface area contributed by atoms with Crippen LogP contribution in [0.4, 0.5) is 4.39 Å². The molecule has 1 aromatic heterocycles. The van der Waals surface area contributed by atoms with Gasteiger partial charge in [0.1, 0.15) is 24.1 Å². The lowest BCUT2D eigenvalue weighted by Crippen LogP contribution is -2.53. The summed E-state index contributed by atoms with van der Waals surface area (Å²) in [6, 6.07) is 11.5. The van der Waals surface area contributed by atoms with Crippen molar-refractivity contribution in [1.82, 2.24) is 14.8 Å². The van der Waals surface area contributed by atoms with Gasteiger partial charge in [-0.2, -0.15) is 0 Å². The van der Waals surface area contributed by atoms with Crippen molar-refractivity contribution in [2.75, 3.05) is 6.54 Å². The van der Waals surface area contributed by atoms with E-state index in [-0.39, 0.29) is 28.7 Å². The van der Waals surface area contributed by atoms with Crippen molar-refractivity contribution in [2.24, 2.45) is 0 Å². The van der Waals surface area contributed by atoms with Gasteiger partial charge in [-0.3, -0.25) is 19.0 Å². The normalized spacial score (nSPS) is 15.2. The molecular formula is C23H21ClFN3O3. The lowest BCUT2D eigenvalue weighted by Gasteiger charge is -2.35. The van der Waals surface area contributed by atoms with Crippen LogP contribution in [0.15, 0.2) is 48.5 Å². The Kier molecular flexibility index (Phi) is 5.09. The number of para-hydroxylation sites is 1. The van der Waals surface area contributed by atoms with Crippen LogP contribution in [0.3, 0.4) is 0 Å². The maximum absolute atomic E-state index is 14.2. The SMILES string of the molecule is CC(C)(C)NC(=O)C(c1ccc(Cl)c(F)c1)N1CC(=O)n2c(cc3ccccc32)C1=O. The Bertz CT molecular complexity index is 1230. The van der Waals surface area contributed by atoms with Crippen molar-refractivity contribution >= 4 is 40.2 Å². The number of carbonyl (C=O) groups excluding carboxylic acids is 3. The highest BCUT2D eigenvalue weighted by Crippen LogP contribution is 2.31. The molecule has 6 nitrogen and oxygen atoms in total. The van der Waals surface area contributed by atoms with E-state index in [0.717, 1.165) is 11.5 Å². The number of nitrogens with zero attached hydrogens (tertiary/aromatic N) is 2. The summed E-state index contributed by atoms with van der Waals surface area (Å²) < 4.78 is 15.6. The molecule has 0 spiro atoms. The molecule has 1 N–H and O–H groups in total. The predicted octanol–water partition coefficient (Wildman–Crippen LogP) is 4.19. The number of rotatable bonds is 3. The zero-order chi connectivity index (χ0) is 22.5. The Labute approximate surface area is 183 Å². The van der Waals surface area contributed by atoms with Crippen molar-refractivity contribution in [2.45, 2.75) is 32.4 Å². The Morgan fingerprint density at radius 1 is 1.13 bits per heavy atom. The lowest BCUT2D eigenvalue weighted by atomic mass is 10.0. The van der Waals surface area contributed by atoms with Crippen LogP contribution in [0.25, 0.3) is 10.9 Å². The number of amides is 2. The molecule has 1 unspecified atom stereocenters. The second kappa shape index (κ2) is 7.50. The molecule has 8 heteroatoms. The number of halogens is 2. The zero-order valence-electron chi connectivity index (χ0n) is 17.3. The van der Waals surface area contributed by atoms with Crippen LogP contribution in [0.1, 0.15) is 47.7 Å². The van der Waals surface area contributed by atoms with E-state index >= 15 is 0 Å². The van der Waals surface area contributed by atoms with Crippen LogP contribution in [0.5, 0.6) is 0 Å². The standard InChI is InChI=1S/C23H21ClFN3O3/c1-23(2,3)26-21(30)20(14-8-9-15(24)16(25)10-14)27-12-19(29)28-17-7-5-4-6-13(17)11-18(28)22(27)31/h4-11,20H,12H2,1-3H3,(H,26,30). The fraction of sp³-hybridized carbons (Fsp3) is 0.261. The number of carbonyl (C=O) groups is 3. The molecule has 160 valence electrons. The lowest BCUT2D eigenvalue weighted by molar-refractivity contribution is -0.127. The molecule has 2 aromatic carbocycles. The van der Waals surface area contributed by atoms with Gasteiger partial charge in [0.2, 0.25) is 5.91 Å². The number of hydrogen-bond donors (Lipinski definition) is 1. The molecular weight excluding hydrogens is 421 g/mol. The molecule has 1 aliphatic rings.